The molecule has 0 saturated carbocycles. The number of hydrogen-bond acceptors (Lipinski definition) is 5. The van der Waals surface area contributed by atoms with Crippen molar-refractivity contribution in [1.29, 1.82) is 5.26 Å². The van der Waals surface area contributed by atoms with Crippen LogP contribution in [0, 0.1) is 18.3 Å². The van der Waals surface area contributed by atoms with Crippen LogP contribution in [0.4, 0.5) is 0 Å². The first-order chi connectivity index (χ1) is 12.2. The highest BCUT2D eigenvalue weighted by Crippen LogP contribution is 2.26. The minimum absolute atomic E-state index is 0.0135. The molecule has 124 valence electrons. The molecular formula is C19H14ClN3O2. The van der Waals surface area contributed by atoms with Crippen molar-refractivity contribution in [1.82, 2.24) is 10.1 Å². The van der Waals surface area contributed by atoms with Gasteiger partial charge in [0.1, 0.15) is 16.9 Å². The summed E-state index contributed by atoms with van der Waals surface area (Å²) in [7, 11) is 0. The van der Waals surface area contributed by atoms with Crippen molar-refractivity contribution in [2.24, 2.45) is 0 Å². The van der Waals surface area contributed by atoms with Gasteiger partial charge in [-0.05, 0) is 36.3 Å². The van der Waals surface area contributed by atoms with Crippen molar-refractivity contribution in [2.45, 2.75) is 6.92 Å². The second-order valence-electron chi connectivity index (χ2n) is 5.25. The summed E-state index contributed by atoms with van der Waals surface area (Å²) < 4.78 is 10.5. The van der Waals surface area contributed by atoms with E-state index < -0.39 is 0 Å². The van der Waals surface area contributed by atoms with E-state index in [-0.39, 0.29) is 12.5 Å². The molecule has 0 saturated heterocycles. The molecule has 0 aliphatic rings. The van der Waals surface area contributed by atoms with Crippen LogP contribution >= 0.6 is 11.6 Å². The van der Waals surface area contributed by atoms with Crippen molar-refractivity contribution in [3.63, 3.8) is 0 Å². The summed E-state index contributed by atoms with van der Waals surface area (Å²) in [5.74, 6) is 1.37. The average molecular weight is 352 g/mol. The second-order valence-corrected chi connectivity index (χ2v) is 5.65. The Bertz CT molecular complexity index is 940. The minimum Gasteiger partial charge on any atom is -0.479 e. The third kappa shape index (κ3) is 4.06. The SMILES string of the molecule is Cc1ccccc1-c1noc(/C(Cl)=C/c2ccc(OCC#N)cc2)n1. The first-order valence-corrected chi connectivity index (χ1v) is 7.92. The van der Waals surface area contributed by atoms with Gasteiger partial charge in [-0.2, -0.15) is 10.2 Å². The Kier molecular flexibility index (Phi) is 5.12. The highest BCUT2D eigenvalue weighted by Gasteiger charge is 2.12. The van der Waals surface area contributed by atoms with E-state index >= 15 is 0 Å². The molecule has 0 aliphatic carbocycles. The van der Waals surface area contributed by atoms with E-state index in [9.17, 15) is 0 Å². The number of benzene rings is 2. The van der Waals surface area contributed by atoms with Crippen LogP contribution in [0.3, 0.4) is 0 Å². The molecule has 0 radical (unpaired) electrons. The van der Waals surface area contributed by atoms with Gasteiger partial charge in [0.25, 0.3) is 5.89 Å². The lowest BCUT2D eigenvalue weighted by Crippen LogP contribution is -1.92. The van der Waals surface area contributed by atoms with Crippen LogP contribution < -0.4 is 4.74 Å². The molecule has 0 N–H and O–H groups in total. The summed E-state index contributed by atoms with van der Waals surface area (Å²) in [5.41, 5.74) is 2.81. The maximum absolute atomic E-state index is 8.50. The van der Waals surface area contributed by atoms with Gasteiger partial charge in [-0.1, -0.05) is 53.2 Å². The van der Waals surface area contributed by atoms with Gasteiger partial charge in [-0.3, -0.25) is 0 Å². The zero-order chi connectivity index (χ0) is 17.6. The summed E-state index contributed by atoms with van der Waals surface area (Å²) in [6.45, 7) is 2.00. The third-order valence-electron chi connectivity index (χ3n) is 3.49. The molecule has 25 heavy (non-hydrogen) atoms. The molecule has 0 aliphatic heterocycles. The van der Waals surface area contributed by atoms with E-state index in [0.717, 1.165) is 16.7 Å². The Morgan fingerprint density at radius 3 is 2.72 bits per heavy atom. The van der Waals surface area contributed by atoms with E-state index in [2.05, 4.69) is 10.1 Å². The molecule has 3 rings (SSSR count). The molecule has 0 bridgehead atoms. The van der Waals surface area contributed by atoms with E-state index in [1.165, 1.54) is 0 Å². The fraction of sp³-hybridized carbons (Fsp3) is 0.105. The number of halogens is 1. The third-order valence-corrected chi connectivity index (χ3v) is 3.76. The van der Waals surface area contributed by atoms with Crippen molar-refractivity contribution in [3.8, 4) is 23.2 Å². The Morgan fingerprint density at radius 2 is 2.00 bits per heavy atom. The molecule has 0 atom stereocenters. The van der Waals surface area contributed by atoms with Crippen LogP contribution in [0.1, 0.15) is 17.0 Å². The quantitative estimate of drug-likeness (QED) is 0.667. The zero-order valence-corrected chi connectivity index (χ0v) is 14.2. The van der Waals surface area contributed by atoms with Gasteiger partial charge in [0.05, 0.1) is 0 Å². The molecular weight excluding hydrogens is 338 g/mol. The van der Waals surface area contributed by atoms with Crippen LogP contribution in [-0.4, -0.2) is 16.7 Å². The Balaban J connectivity index is 1.79. The Hall–Kier alpha value is -3.10. The standard InChI is InChI=1S/C19H14ClN3O2/c1-13-4-2-3-5-16(13)18-22-19(25-23-18)17(20)12-14-6-8-15(9-7-14)24-11-10-21/h2-9,12H,11H2,1H3/b17-12-. The zero-order valence-electron chi connectivity index (χ0n) is 13.4. The topological polar surface area (TPSA) is 71.9 Å². The fourth-order valence-corrected chi connectivity index (χ4v) is 2.44. The maximum atomic E-state index is 8.50. The number of ether oxygens (including phenoxy) is 1. The average Bonchev–Trinajstić information content (AvgIpc) is 3.11. The normalized spacial score (nSPS) is 11.2. The van der Waals surface area contributed by atoms with Gasteiger partial charge >= 0.3 is 0 Å². The largest absolute Gasteiger partial charge is 0.479 e. The summed E-state index contributed by atoms with van der Waals surface area (Å²) >= 11 is 6.30. The lowest BCUT2D eigenvalue weighted by atomic mass is 10.1. The molecule has 3 aromatic rings. The Labute approximate surface area is 150 Å². The summed E-state index contributed by atoms with van der Waals surface area (Å²) in [4.78, 5) is 4.36. The van der Waals surface area contributed by atoms with Gasteiger partial charge in [-0.15, -0.1) is 0 Å². The predicted octanol–water partition coefficient (Wildman–Crippen LogP) is 4.68. The number of nitrogens with zero attached hydrogens (tertiary/aromatic N) is 3. The number of hydrogen-bond donors (Lipinski definition) is 0. The summed E-state index contributed by atoms with van der Waals surface area (Å²) in [6.07, 6.45) is 1.73. The molecule has 2 aromatic carbocycles. The lowest BCUT2D eigenvalue weighted by Gasteiger charge is -2.01. The Morgan fingerprint density at radius 1 is 1.24 bits per heavy atom. The smallest absolute Gasteiger partial charge is 0.269 e. The summed E-state index contributed by atoms with van der Waals surface area (Å²) in [6, 6.07) is 16.9. The van der Waals surface area contributed by atoms with Crippen molar-refractivity contribution >= 4 is 22.7 Å². The number of aromatic nitrogens is 2. The number of nitriles is 1. The van der Waals surface area contributed by atoms with E-state index in [1.807, 2.05) is 49.4 Å². The van der Waals surface area contributed by atoms with Crippen LogP contribution in [0.15, 0.2) is 53.1 Å². The van der Waals surface area contributed by atoms with E-state index in [0.29, 0.717) is 16.6 Å². The maximum Gasteiger partial charge on any atom is 0.269 e. The fourth-order valence-electron chi connectivity index (χ4n) is 2.24. The van der Waals surface area contributed by atoms with Crippen LogP contribution in [-0.2, 0) is 0 Å². The molecule has 1 aromatic heterocycles. The monoisotopic (exact) mass is 351 g/mol. The molecule has 5 nitrogen and oxygen atoms in total. The number of rotatable bonds is 5. The highest BCUT2D eigenvalue weighted by molar-refractivity contribution is 6.50. The van der Waals surface area contributed by atoms with Gasteiger partial charge < -0.3 is 9.26 Å². The number of aryl methyl sites for hydroxylation is 1. The molecule has 0 amide bonds. The second kappa shape index (κ2) is 7.65. The lowest BCUT2D eigenvalue weighted by molar-refractivity contribution is 0.368. The predicted molar refractivity (Wildman–Crippen MR) is 95.7 cm³/mol. The van der Waals surface area contributed by atoms with Crippen molar-refractivity contribution < 1.29 is 9.26 Å². The van der Waals surface area contributed by atoms with Crippen LogP contribution in [0.5, 0.6) is 5.75 Å². The van der Waals surface area contributed by atoms with Crippen molar-refractivity contribution in [2.75, 3.05) is 6.61 Å². The van der Waals surface area contributed by atoms with Gasteiger partial charge in [0.2, 0.25) is 5.82 Å². The van der Waals surface area contributed by atoms with Crippen LogP contribution in [0.2, 0.25) is 0 Å². The molecule has 1 heterocycles. The first-order valence-electron chi connectivity index (χ1n) is 7.54. The molecule has 0 fully saturated rings. The summed E-state index contributed by atoms with van der Waals surface area (Å²) in [5, 5.41) is 12.8. The molecule has 0 spiro atoms. The van der Waals surface area contributed by atoms with E-state index in [4.69, 9.17) is 26.1 Å². The highest BCUT2D eigenvalue weighted by atomic mass is 35.5. The van der Waals surface area contributed by atoms with Gasteiger partial charge in [-0.25, -0.2) is 0 Å². The molecule has 0 unspecified atom stereocenters. The molecule has 6 heteroatoms. The van der Waals surface area contributed by atoms with Gasteiger partial charge in [0.15, 0.2) is 6.61 Å². The van der Waals surface area contributed by atoms with Crippen LogP contribution in [0.25, 0.3) is 22.5 Å². The first kappa shape index (κ1) is 16.7. The minimum atomic E-state index is 0.0135. The van der Waals surface area contributed by atoms with Gasteiger partial charge in [0, 0.05) is 5.56 Å². The van der Waals surface area contributed by atoms with Crippen molar-refractivity contribution in [3.05, 3.63) is 65.5 Å². The van der Waals surface area contributed by atoms with E-state index in [1.54, 1.807) is 18.2 Å².